The molecule has 0 bridgehead atoms. The first kappa shape index (κ1) is 9.99. The molecule has 0 spiro atoms. The van der Waals surface area contributed by atoms with E-state index in [1.165, 1.54) is 13.2 Å². The van der Waals surface area contributed by atoms with Crippen LogP contribution in [0.2, 0.25) is 0 Å². The highest BCUT2D eigenvalue weighted by Crippen LogP contribution is 2.27. The van der Waals surface area contributed by atoms with Crippen molar-refractivity contribution in [3.63, 3.8) is 0 Å². The fourth-order valence-electron chi connectivity index (χ4n) is 1.24. The number of hydrogen-bond acceptors (Lipinski definition) is 2. The SMILES string of the molecule is CN[C@H](C)c1cccc(F)c1OC. The van der Waals surface area contributed by atoms with Crippen molar-refractivity contribution in [2.24, 2.45) is 0 Å². The summed E-state index contributed by atoms with van der Waals surface area (Å²) in [6.07, 6.45) is 0. The van der Waals surface area contributed by atoms with Crippen LogP contribution in [-0.2, 0) is 0 Å². The molecule has 0 amide bonds. The second kappa shape index (κ2) is 4.23. The van der Waals surface area contributed by atoms with E-state index in [0.717, 1.165) is 5.56 Å². The molecule has 1 rings (SSSR count). The highest BCUT2D eigenvalue weighted by atomic mass is 19.1. The van der Waals surface area contributed by atoms with Crippen LogP contribution in [0.1, 0.15) is 18.5 Å². The zero-order valence-electron chi connectivity index (χ0n) is 8.10. The molecule has 0 aliphatic heterocycles. The molecule has 13 heavy (non-hydrogen) atoms. The maximum absolute atomic E-state index is 13.2. The van der Waals surface area contributed by atoms with E-state index in [1.807, 2.05) is 20.0 Å². The maximum atomic E-state index is 13.2. The molecule has 0 saturated carbocycles. The summed E-state index contributed by atoms with van der Waals surface area (Å²) in [7, 11) is 3.30. The first-order chi connectivity index (χ1) is 6.20. The zero-order valence-corrected chi connectivity index (χ0v) is 8.10. The van der Waals surface area contributed by atoms with Gasteiger partial charge in [-0.3, -0.25) is 0 Å². The topological polar surface area (TPSA) is 21.3 Å². The second-order valence-electron chi connectivity index (χ2n) is 2.87. The van der Waals surface area contributed by atoms with Crippen molar-refractivity contribution in [1.82, 2.24) is 5.32 Å². The summed E-state index contributed by atoms with van der Waals surface area (Å²) in [5, 5.41) is 3.04. The first-order valence-electron chi connectivity index (χ1n) is 4.20. The van der Waals surface area contributed by atoms with Crippen LogP contribution < -0.4 is 10.1 Å². The lowest BCUT2D eigenvalue weighted by Crippen LogP contribution is -2.13. The monoisotopic (exact) mass is 183 g/mol. The Hall–Kier alpha value is -1.09. The Balaban J connectivity index is 3.12. The van der Waals surface area contributed by atoms with Crippen LogP contribution in [0, 0.1) is 5.82 Å². The minimum atomic E-state index is -0.317. The number of halogens is 1. The summed E-state index contributed by atoms with van der Waals surface area (Å²) in [6, 6.07) is 5.01. The molecular weight excluding hydrogens is 169 g/mol. The van der Waals surface area contributed by atoms with Gasteiger partial charge < -0.3 is 10.1 Å². The molecule has 1 aromatic carbocycles. The van der Waals surface area contributed by atoms with E-state index in [4.69, 9.17) is 4.74 Å². The summed E-state index contributed by atoms with van der Waals surface area (Å²) >= 11 is 0. The average Bonchev–Trinajstić information content (AvgIpc) is 2.16. The number of para-hydroxylation sites is 1. The third-order valence-corrected chi connectivity index (χ3v) is 2.10. The molecule has 0 aromatic heterocycles. The molecule has 1 atom stereocenters. The minimum absolute atomic E-state index is 0.0886. The van der Waals surface area contributed by atoms with Crippen molar-refractivity contribution < 1.29 is 9.13 Å². The molecule has 1 N–H and O–H groups in total. The van der Waals surface area contributed by atoms with Gasteiger partial charge in [0.15, 0.2) is 11.6 Å². The molecule has 0 radical (unpaired) electrons. The van der Waals surface area contributed by atoms with E-state index in [2.05, 4.69) is 5.32 Å². The van der Waals surface area contributed by atoms with E-state index < -0.39 is 0 Å². The third kappa shape index (κ3) is 1.98. The Morgan fingerprint density at radius 2 is 2.15 bits per heavy atom. The highest BCUT2D eigenvalue weighted by Gasteiger charge is 2.12. The number of ether oxygens (including phenoxy) is 1. The molecule has 2 nitrogen and oxygen atoms in total. The highest BCUT2D eigenvalue weighted by molar-refractivity contribution is 5.36. The van der Waals surface area contributed by atoms with Crippen LogP contribution in [0.25, 0.3) is 0 Å². The van der Waals surface area contributed by atoms with E-state index in [9.17, 15) is 4.39 Å². The fourth-order valence-corrected chi connectivity index (χ4v) is 1.24. The van der Waals surface area contributed by atoms with Gasteiger partial charge >= 0.3 is 0 Å². The molecule has 0 aliphatic rings. The smallest absolute Gasteiger partial charge is 0.165 e. The number of benzene rings is 1. The lowest BCUT2D eigenvalue weighted by molar-refractivity contribution is 0.376. The van der Waals surface area contributed by atoms with Crippen LogP contribution in [0.3, 0.4) is 0 Å². The van der Waals surface area contributed by atoms with Gasteiger partial charge in [-0.05, 0) is 20.0 Å². The van der Waals surface area contributed by atoms with Crippen molar-refractivity contribution in [2.75, 3.05) is 14.2 Å². The van der Waals surface area contributed by atoms with Gasteiger partial charge in [-0.15, -0.1) is 0 Å². The zero-order chi connectivity index (χ0) is 9.84. The van der Waals surface area contributed by atoms with E-state index in [1.54, 1.807) is 6.07 Å². The number of rotatable bonds is 3. The Kier molecular flexibility index (Phi) is 3.25. The third-order valence-electron chi connectivity index (χ3n) is 2.10. The number of methoxy groups -OCH3 is 1. The summed E-state index contributed by atoms with van der Waals surface area (Å²) < 4.78 is 18.2. The number of nitrogens with one attached hydrogen (secondary N) is 1. The molecule has 0 heterocycles. The van der Waals surface area contributed by atoms with Gasteiger partial charge in [0.25, 0.3) is 0 Å². The Morgan fingerprint density at radius 1 is 1.46 bits per heavy atom. The van der Waals surface area contributed by atoms with Gasteiger partial charge in [-0.25, -0.2) is 4.39 Å². The Labute approximate surface area is 77.7 Å². The van der Waals surface area contributed by atoms with Crippen molar-refractivity contribution in [1.29, 1.82) is 0 Å². The Morgan fingerprint density at radius 3 is 2.69 bits per heavy atom. The average molecular weight is 183 g/mol. The van der Waals surface area contributed by atoms with E-state index in [0.29, 0.717) is 5.75 Å². The van der Waals surface area contributed by atoms with Gasteiger partial charge in [-0.1, -0.05) is 12.1 Å². The summed E-state index contributed by atoms with van der Waals surface area (Å²) in [6.45, 7) is 1.96. The predicted octanol–water partition coefficient (Wildman–Crippen LogP) is 2.11. The van der Waals surface area contributed by atoms with Crippen molar-refractivity contribution in [2.45, 2.75) is 13.0 Å². The van der Waals surface area contributed by atoms with E-state index in [-0.39, 0.29) is 11.9 Å². The second-order valence-corrected chi connectivity index (χ2v) is 2.87. The standard InChI is InChI=1S/C10H14FNO/c1-7(12-2)8-5-4-6-9(11)10(8)13-3/h4-7,12H,1-3H3/t7-/m1/s1. The molecule has 1 aromatic rings. The molecular formula is C10H14FNO. The Bertz CT molecular complexity index is 288. The van der Waals surface area contributed by atoms with Crippen molar-refractivity contribution >= 4 is 0 Å². The van der Waals surface area contributed by atoms with E-state index >= 15 is 0 Å². The minimum Gasteiger partial charge on any atom is -0.493 e. The van der Waals surface area contributed by atoms with Gasteiger partial charge in [0.1, 0.15) is 0 Å². The van der Waals surface area contributed by atoms with Crippen molar-refractivity contribution in [3.05, 3.63) is 29.6 Å². The van der Waals surface area contributed by atoms with Crippen LogP contribution in [0.15, 0.2) is 18.2 Å². The molecule has 3 heteroatoms. The normalized spacial score (nSPS) is 12.6. The van der Waals surface area contributed by atoms with Crippen molar-refractivity contribution in [3.8, 4) is 5.75 Å². The summed E-state index contributed by atoms with van der Waals surface area (Å²) in [4.78, 5) is 0. The fraction of sp³-hybridized carbons (Fsp3) is 0.400. The van der Waals surface area contributed by atoms with Crippen LogP contribution >= 0.6 is 0 Å². The molecule has 0 saturated heterocycles. The molecule has 72 valence electrons. The number of hydrogen-bond donors (Lipinski definition) is 1. The lowest BCUT2D eigenvalue weighted by Gasteiger charge is -2.14. The van der Waals surface area contributed by atoms with Crippen LogP contribution in [0.4, 0.5) is 4.39 Å². The molecule has 0 fully saturated rings. The van der Waals surface area contributed by atoms with Gasteiger partial charge in [0, 0.05) is 11.6 Å². The maximum Gasteiger partial charge on any atom is 0.165 e. The largest absolute Gasteiger partial charge is 0.493 e. The first-order valence-corrected chi connectivity index (χ1v) is 4.20. The molecule has 0 aliphatic carbocycles. The predicted molar refractivity (Wildman–Crippen MR) is 50.4 cm³/mol. The van der Waals surface area contributed by atoms with Gasteiger partial charge in [0.05, 0.1) is 7.11 Å². The van der Waals surface area contributed by atoms with Gasteiger partial charge in [0.2, 0.25) is 0 Å². The quantitative estimate of drug-likeness (QED) is 0.775. The summed E-state index contributed by atoms with van der Waals surface area (Å²) in [5.41, 5.74) is 0.838. The molecule has 0 unspecified atom stereocenters. The summed E-state index contributed by atoms with van der Waals surface area (Å²) in [5.74, 6) is 0.00597. The van der Waals surface area contributed by atoms with Crippen LogP contribution in [-0.4, -0.2) is 14.2 Å². The lowest BCUT2D eigenvalue weighted by atomic mass is 10.1. The van der Waals surface area contributed by atoms with Gasteiger partial charge in [-0.2, -0.15) is 0 Å². The van der Waals surface area contributed by atoms with Crippen LogP contribution in [0.5, 0.6) is 5.75 Å².